The third-order valence-electron chi connectivity index (χ3n) is 5.80. The number of benzene rings is 1. The van der Waals surface area contributed by atoms with Crippen molar-refractivity contribution >= 4 is 11.8 Å². The summed E-state index contributed by atoms with van der Waals surface area (Å²) in [5.41, 5.74) is 1.96. The molecule has 0 fully saturated rings. The van der Waals surface area contributed by atoms with Crippen molar-refractivity contribution in [1.29, 1.82) is 0 Å². The van der Waals surface area contributed by atoms with Gasteiger partial charge in [0.25, 0.3) is 0 Å². The Balaban J connectivity index is 1.80. The molecule has 0 aliphatic rings. The van der Waals surface area contributed by atoms with E-state index in [1.165, 1.54) is 0 Å². The third-order valence-corrected chi connectivity index (χ3v) is 5.80. The van der Waals surface area contributed by atoms with Crippen LogP contribution in [-0.4, -0.2) is 53.0 Å². The Bertz CT molecular complexity index is 998. The van der Waals surface area contributed by atoms with E-state index in [0.29, 0.717) is 38.4 Å². The maximum atomic E-state index is 13.5. The number of carbonyl (C=O) groups excluding carboxylic acids is 2. The van der Waals surface area contributed by atoms with Crippen molar-refractivity contribution in [3.05, 3.63) is 84.1 Å². The summed E-state index contributed by atoms with van der Waals surface area (Å²) in [5.74, 6) is 0.191. The number of methoxy groups -OCH3 is 1. The van der Waals surface area contributed by atoms with Crippen LogP contribution in [-0.2, 0) is 34.5 Å². The first-order valence-electron chi connectivity index (χ1n) is 11.3. The Morgan fingerprint density at radius 1 is 1.03 bits per heavy atom. The van der Waals surface area contributed by atoms with Crippen molar-refractivity contribution in [3.63, 3.8) is 0 Å². The molecular weight excluding hydrogens is 418 g/mol. The van der Waals surface area contributed by atoms with Gasteiger partial charge in [-0.25, -0.2) is 0 Å². The molecule has 0 aliphatic carbocycles. The SMILES string of the molecule is CCC(C(=O)N(CCOC)CC(=O)N(Cc1ccco1)Cc1cccn1C)c1ccccc1. The van der Waals surface area contributed by atoms with Gasteiger partial charge in [0.1, 0.15) is 5.76 Å². The van der Waals surface area contributed by atoms with E-state index in [2.05, 4.69) is 0 Å². The van der Waals surface area contributed by atoms with Gasteiger partial charge in [0.2, 0.25) is 11.8 Å². The number of furan rings is 1. The molecule has 0 saturated heterocycles. The molecule has 1 atom stereocenters. The van der Waals surface area contributed by atoms with E-state index in [4.69, 9.17) is 9.15 Å². The van der Waals surface area contributed by atoms with E-state index in [1.54, 1.807) is 29.2 Å². The molecule has 7 nitrogen and oxygen atoms in total. The van der Waals surface area contributed by atoms with Crippen molar-refractivity contribution < 1.29 is 18.7 Å². The number of hydrogen-bond acceptors (Lipinski definition) is 4. The minimum atomic E-state index is -0.303. The van der Waals surface area contributed by atoms with Crippen LogP contribution in [0.25, 0.3) is 0 Å². The van der Waals surface area contributed by atoms with E-state index >= 15 is 0 Å². The molecule has 0 bridgehead atoms. The van der Waals surface area contributed by atoms with E-state index in [1.807, 2.05) is 73.3 Å². The number of aryl methyl sites for hydroxylation is 1. The normalized spacial score (nSPS) is 11.8. The molecule has 0 saturated carbocycles. The van der Waals surface area contributed by atoms with Crippen molar-refractivity contribution in [2.75, 3.05) is 26.8 Å². The predicted molar refractivity (Wildman–Crippen MR) is 126 cm³/mol. The van der Waals surface area contributed by atoms with Crippen LogP contribution in [0.3, 0.4) is 0 Å². The fourth-order valence-corrected chi connectivity index (χ4v) is 3.87. The average Bonchev–Trinajstić information content (AvgIpc) is 3.49. The third kappa shape index (κ3) is 6.58. The lowest BCUT2D eigenvalue weighted by molar-refractivity contribution is -0.142. The Morgan fingerprint density at radius 3 is 2.42 bits per heavy atom. The minimum Gasteiger partial charge on any atom is -0.467 e. The summed E-state index contributed by atoms with van der Waals surface area (Å²) < 4.78 is 12.7. The van der Waals surface area contributed by atoms with Crippen LogP contribution in [0.1, 0.15) is 36.3 Å². The second kappa shape index (κ2) is 12.1. The largest absolute Gasteiger partial charge is 0.467 e. The Kier molecular flexibility index (Phi) is 8.89. The molecule has 2 heterocycles. The quantitative estimate of drug-likeness (QED) is 0.420. The van der Waals surface area contributed by atoms with Gasteiger partial charge in [-0.2, -0.15) is 0 Å². The maximum Gasteiger partial charge on any atom is 0.242 e. The molecule has 1 unspecified atom stereocenters. The first kappa shape index (κ1) is 24.3. The van der Waals surface area contributed by atoms with Gasteiger partial charge in [0, 0.05) is 32.6 Å². The monoisotopic (exact) mass is 451 g/mol. The lowest BCUT2D eigenvalue weighted by Crippen LogP contribution is -2.45. The van der Waals surface area contributed by atoms with Crippen molar-refractivity contribution in [2.24, 2.45) is 7.05 Å². The second-order valence-corrected chi connectivity index (χ2v) is 8.06. The summed E-state index contributed by atoms with van der Waals surface area (Å²) in [5, 5.41) is 0. The number of ether oxygens (including phenoxy) is 1. The molecule has 1 aromatic carbocycles. The number of rotatable bonds is 12. The van der Waals surface area contributed by atoms with E-state index in [-0.39, 0.29) is 24.3 Å². The van der Waals surface area contributed by atoms with Gasteiger partial charge in [-0.05, 0) is 36.2 Å². The fourth-order valence-electron chi connectivity index (χ4n) is 3.87. The zero-order valence-corrected chi connectivity index (χ0v) is 19.6. The van der Waals surface area contributed by atoms with Crippen LogP contribution >= 0.6 is 0 Å². The lowest BCUT2D eigenvalue weighted by Gasteiger charge is -2.30. The van der Waals surface area contributed by atoms with Gasteiger partial charge in [-0.1, -0.05) is 37.3 Å². The highest BCUT2D eigenvalue weighted by Crippen LogP contribution is 2.22. The van der Waals surface area contributed by atoms with E-state index < -0.39 is 0 Å². The highest BCUT2D eigenvalue weighted by molar-refractivity contribution is 5.88. The summed E-state index contributed by atoms with van der Waals surface area (Å²) in [6.45, 7) is 3.44. The molecule has 2 aromatic heterocycles. The standard InChI is InChI=1S/C26H33N3O4/c1-4-24(21-10-6-5-7-11-21)26(31)28(15-17-32-3)20-25(30)29(19-23-13-9-16-33-23)18-22-12-8-14-27(22)2/h5-14,16,24H,4,15,17-20H2,1-3H3. The molecule has 0 N–H and O–H groups in total. The van der Waals surface area contributed by atoms with Gasteiger partial charge in [-0.3, -0.25) is 9.59 Å². The summed E-state index contributed by atoms with van der Waals surface area (Å²) in [7, 11) is 3.54. The van der Waals surface area contributed by atoms with Gasteiger partial charge in [0.05, 0.1) is 38.4 Å². The Labute approximate surface area is 195 Å². The first-order valence-corrected chi connectivity index (χ1v) is 11.3. The number of amides is 2. The zero-order chi connectivity index (χ0) is 23.6. The maximum absolute atomic E-state index is 13.5. The molecule has 3 aromatic rings. The van der Waals surface area contributed by atoms with Crippen LogP contribution < -0.4 is 0 Å². The first-order chi connectivity index (χ1) is 16.0. The molecule has 176 valence electrons. The summed E-state index contributed by atoms with van der Waals surface area (Å²) >= 11 is 0. The number of carbonyl (C=O) groups is 2. The number of aromatic nitrogens is 1. The van der Waals surface area contributed by atoms with E-state index in [9.17, 15) is 9.59 Å². The summed E-state index contributed by atoms with van der Waals surface area (Å²) in [6, 6.07) is 17.3. The predicted octanol–water partition coefficient (Wildman–Crippen LogP) is 3.82. The van der Waals surface area contributed by atoms with Crippen LogP contribution in [0.4, 0.5) is 0 Å². The van der Waals surface area contributed by atoms with Crippen molar-refractivity contribution in [2.45, 2.75) is 32.4 Å². The minimum absolute atomic E-state index is 0.0172. The van der Waals surface area contributed by atoms with Gasteiger partial charge in [0.15, 0.2) is 0 Å². The molecule has 0 spiro atoms. The highest BCUT2D eigenvalue weighted by atomic mass is 16.5. The van der Waals surface area contributed by atoms with Crippen molar-refractivity contribution in [3.8, 4) is 0 Å². The lowest BCUT2D eigenvalue weighted by atomic mass is 9.95. The van der Waals surface area contributed by atoms with Crippen LogP contribution in [0, 0.1) is 0 Å². The van der Waals surface area contributed by atoms with Crippen molar-refractivity contribution in [1.82, 2.24) is 14.4 Å². The Morgan fingerprint density at radius 2 is 1.82 bits per heavy atom. The Hall–Kier alpha value is -3.32. The zero-order valence-electron chi connectivity index (χ0n) is 19.6. The van der Waals surface area contributed by atoms with Crippen LogP contribution in [0.15, 0.2) is 71.5 Å². The second-order valence-electron chi connectivity index (χ2n) is 8.06. The van der Waals surface area contributed by atoms with E-state index in [0.717, 1.165) is 11.3 Å². The van der Waals surface area contributed by atoms with Gasteiger partial charge in [-0.15, -0.1) is 0 Å². The summed E-state index contributed by atoms with van der Waals surface area (Å²) in [6.07, 6.45) is 4.20. The number of nitrogens with zero attached hydrogens (tertiary/aromatic N) is 3. The molecule has 0 aliphatic heterocycles. The van der Waals surface area contributed by atoms with Gasteiger partial charge < -0.3 is 23.5 Å². The highest BCUT2D eigenvalue weighted by Gasteiger charge is 2.28. The smallest absolute Gasteiger partial charge is 0.242 e. The van der Waals surface area contributed by atoms with Crippen LogP contribution in [0.5, 0.6) is 0 Å². The fraction of sp³-hybridized carbons (Fsp3) is 0.385. The van der Waals surface area contributed by atoms with Crippen LogP contribution in [0.2, 0.25) is 0 Å². The number of hydrogen-bond donors (Lipinski definition) is 0. The molecule has 2 amide bonds. The molecule has 0 radical (unpaired) electrons. The molecule has 7 heteroatoms. The van der Waals surface area contributed by atoms with Gasteiger partial charge >= 0.3 is 0 Å². The molecule has 33 heavy (non-hydrogen) atoms. The molecular formula is C26H33N3O4. The average molecular weight is 452 g/mol. The summed E-state index contributed by atoms with van der Waals surface area (Å²) in [4.78, 5) is 30.3. The topological polar surface area (TPSA) is 67.9 Å². The molecule has 3 rings (SSSR count).